The van der Waals surface area contributed by atoms with Crippen molar-refractivity contribution in [1.82, 2.24) is 9.97 Å². The number of hydrogen-bond acceptors (Lipinski definition) is 3. The molecule has 22 heavy (non-hydrogen) atoms. The van der Waals surface area contributed by atoms with Crippen LogP contribution in [-0.4, -0.2) is 22.3 Å². The number of nitrogens with zero attached hydrogens (tertiary/aromatic N) is 1. The standard InChI is InChI=1S/C18H19N3O/c1-3-12(10(2)19)11-4-5-16-13(6-11)17-14(8-22-16)18(17)15-7-20-9-21-15/h3-7,9,14,17-19H,8H2,1-2H3,(H,20,21)/b12-3-,19-10?/t14?,17?,18-/m0/s1. The van der Waals surface area contributed by atoms with E-state index in [9.17, 15) is 0 Å². The number of aromatic nitrogens is 2. The Hall–Kier alpha value is -2.36. The van der Waals surface area contributed by atoms with E-state index in [-0.39, 0.29) is 0 Å². The van der Waals surface area contributed by atoms with Crippen LogP contribution in [0.1, 0.15) is 42.5 Å². The van der Waals surface area contributed by atoms with Gasteiger partial charge >= 0.3 is 0 Å². The van der Waals surface area contributed by atoms with Crippen molar-refractivity contribution in [2.45, 2.75) is 25.7 Å². The molecular weight excluding hydrogens is 274 g/mol. The maximum absolute atomic E-state index is 7.93. The Morgan fingerprint density at radius 2 is 2.27 bits per heavy atom. The summed E-state index contributed by atoms with van der Waals surface area (Å²) in [6.45, 7) is 4.59. The van der Waals surface area contributed by atoms with Gasteiger partial charge in [0, 0.05) is 35.4 Å². The number of H-pyrrole nitrogens is 1. The number of hydrogen-bond donors (Lipinski definition) is 2. The highest BCUT2D eigenvalue weighted by molar-refractivity contribution is 6.21. The number of rotatable bonds is 3. The van der Waals surface area contributed by atoms with Crippen LogP contribution < -0.4 is 4.74 Å². The second kappa shape index (κ2) is 4.83. The second-order valence-electron chi connectivity index (χ2n) is 6.11. The summed E-state index contributed by atoms with van der Waals surface area (Å²) in [4.78, 5) is 7.39. The number of aromatic amines is 1. The number of ether oxygens (including phenoxy) is 1. The molecule has 0 saturated heterocycles. The fourth-order valence-corrected chi connectivity index (χ4v) is 3.77. The molecule has 1 fully saturated rings. The summed E-state index contributed by atoms with van der Waals surface area (Å²) in [5, 5.41) is 7.93. The average Bonchev–Trinajstić information content (AvgIpc) is 3.00. The summed E-state index contributed by atoms with van der Waals surface area (Å²) >= 11 is 0. The molecule has 0 amide bonds. The molecule has 4 heteroatoms. The maximum atomic E-state index is 7.93. The van der Waals surface area contributed by atoms with Gasteiger partial charge in [0.2, 0.25) is 0 Å². The van der Waals surface area contributed by atoms with Crippen molar-refractivity contribution in [1.29, 1.82) is 5.41 Å². The summed E-state index contributed by atoms with van der Waals surface area (Å²) in [6, 6.07) is 6.31. The van der Waals surface area contributed by atoms with E-state index in [1.807, 2.05) is 26.1 Å². The first-order chi connectivity index (χ1) is 10.7. The van der Waals surface area contributed by atoms with Crippen molar-refractivity contribution in [3.63, 3.8) is 0 Å². The van der Waals surface area contributed by atoms with E-state index in [1.54, 1.807) is 6.33 Å². The second-order valence-corrected chi connectivity index (χ2v) is 6.11. The Labute approximate surface area is 129 Å². The predicted octanol–water partition coefficient (Wildman–Crippen LogP) is 3.74. The highest BCUT2D eigenvalue weighted by Gasteiger charge is 2.56. The summed E-state index contributed by atoms with van der Waals surface area (Å²) in [5.74, 6) is 2.52. The Morgan fingerprint density at radius 1 is 1.41 bits per heavy atom. The molecule has 2 aliphatic rings. The van der Waals surface area contributed by atoms with Gasteiger partial charge in [-0.3, -0.25) is 0 Å². The van der Waals surface area contributed by atoms with E-state index in [0.717, 1.165) is 23.5 Å². The first kappa shape index (κ1) is 13.3. The Morgan fingerprint density at radius 3 is 2.95 bits per heavy atom. The summed E-state index contributed by atoms with van der Waals surface area (Å²) in [5.41, 5.74) is 5.16. The third kappa shape index (κ3) is 1.90. The minimum atomic E-state index is 0.481. The number of fused-ring (bicyclic) bond motifs is 3. The van der Waals surface area contributed by atoms with Crippen LogP contribution in [0.3, 0.4) is 0 Å². The van der Waals surface area contributed by atoms with Crippen LogP contribution in [0.5, 0.6) is 5.75 Å². The molecular formula is C18H19N3O. The normalized spacial score (nSPS) is 25.9. The van der Waals surface area contributed by atoms with Crippen molar-refractivity contribution >= 4 is 11.3 Å². The SMILES string of the molecule is C/C=C(/C(C)=N)c1ccc2c(c1)C1C(CO2)[C@H]1c1cnc[nH]1. The lowest BCUT2D eigenvalue weighted by molar-refractivity contribution is 0.277. The Kier molecular flexibility index (Phi) is 2.93. The highest BCUT2D eigenvalue weighted by atomic mass is 16.5. The number of allylic oxidation sites excluding steroid dienone is 2. The molecule has 0 spiro atoms. The molecule has 1 aliphatic carbocycles. The van der Waals surface area contributed by atoms with Crippen molar-refractivity contribution < 1.29 is 4.74 Å². The largest absolute Gasteiger partial charge is 0.493 e. The molecule has 3 atom stereocenters. The zero-order chi connectivity index (χ0) is 15.3. The topological polar surface area (TPSA) is 61.8 Å². The fourth-order valence-electron chi connectivity index (χ4n) is 3.77. The van der Waals surface area contributed by atoms with Gasteiger partial charge in [-0.05, 0) is 42.7 Å². The third-order valence-corrected chi connectivity index (χ3v) is 4.85. The van der Waals surface area contributed by atoms with E-state index in [0.29, 0.717) is 23.5 Å². The van der Waals surface area contributed by atoms with Gasteiger partial charge < -0.3 is 15.1 Å². The molecule has 0 bridgehead atoms. The Bertz CT molecular complexity index is 761. The maximum Gasteiger partial charge on any atom is 0.122 e. The number of benzene rings is 1. The van der Waals surface area contributed by atoms with E-state index in [1.165, 1.54) is 11.3 Å². The molecule has 1 aliphatic heterocycles. The number of imidazole rings is 1. The van der Waals surface area contributed by atoms with Crippen LogP contribution >= 0.6 is 0 Å². The molecule has 4 nitrogen and oxygen atoms in total. The molecule has 1 saturated carbocycles. The van der Waals surface area contributed by atoms with Gasteiger partial charge in [0.1, 0.15) is 5.75 Å². The van der Waals surface area contributed by atoms with E-state index < -0.39 is 0 Å². The summed E-state index contributed by atoms with van der Waals surface area (Å²) in [7, 11) is 0. The first-order valence-corrected chi connectivity index (χ1v) is 7.68. The fraction of sp³-hybridized carbons (Fsp3) is 0.333. The van der Waals surface area contributed by atoms with Gasteiger partial charge in [-0.25, -0.2) is 4.98 Å². The molecule has 1 aromatic carbocycles. The van der Waals surface area contributed by atoms with Crippen LogP contribution in [-0.2, 0) is 0 Å². The molecule has 2 unspecified atom stereocenters. The molecule has 4 rings (SSSR count). The third-order valence-electron chi connectivity index (χ3n) is 4.85. The molecule has 0 radical (unpaired) electrons. The highest BCUT2D eigenvalue weighted by Crippen LogP contribution is 2.63. The monoisotopic (exact) mass is 293 g/mol. The minimum absolute atomic E-state index is 0.481. The van der Waals surface area contributed by atoms with E-state index in [4.69, 9.17) is 10.1 Å². The van der Waals surface area contributed by atoms with Gasteiger partial charge in [-0.2, -0.15) is 0 Å². The lowest BCUT2D eigenvalue weighted by atomic mass is 9.96. The van der Waals surface area contributed by atoms with Crippen LogP contribution in [0.25, 0.3) is 5.57 Å². The molecule has 2 heterocycles. The van der Waals surface area contributed by atoms with Crippen LogP contribution in [0.15, 0.2) is 36.8 Å². The molecule has 2 aromatic rings. The summed E-state index contributed by atoms with van der Waals surface area (Å²) in [6.07, 6.45) is 5.67. The van der Waals surface area contributed by atoms with Crippen molar-refractivity contribution in [3.8, 4) is 5.75 Å². The smallest absolute Gasteiger partial charge is 0.122 e. The average molecular weight is 293 g/mol. The molecule has 1 aromatic heterocycles. The van der Waals surface area contributed by atoms with Gasteiger partial charge in [-0.1, -0.05) is 12.1 Å². The van der Waals surface area contributed by atoms with Gasteiger partial charge in [0.15, 0.2) is 0 Å². The van der Waals surface area contributed by atoms with Gasteiger partial charge in [-0.15, -0.1) is 0 Å². The minimum Gasteiger partial charge on any atom is -0.493 e. The van der Waals surface area contributed by atoms with E-state index in [2.05, 4.69) is 28.2 Å². The summed E-state index contributed by atoms with van der Waals surface area (Å²) < 4.78 is 5.93. The Balaban J connectivity index is 1.73. The van der Waals surface area contributed by atoms with Crippen LogP contribution in [0, 0.1) is 11.3 Å². The lowest BCUT2D eigenvalue weighted by Gasteiger charge is -2.18. The molecule has 2 N–H and O–H groups in total. The zero-order valence-electron chi connectivity index (χ0n) is 12.8. The van der Waals surface area contributed by atoms with Crippen molar-refractivity contribution in [3.05, 3.63) is 53.6 Å². The van der Waals surface area contributed by atoms with Crippen molar-refractivity contribution in [2.24, 2.45) is 5.92 Å². The quantitative estimate of drug-likeness (QED) is 0.847. The number of nitrogens with one attached hydrogen (secondary N) is 2. The van der Waals surface area contributed by atoms with E-state index >= 15 is 0 Å². The first-order valence-electron chi connectivity index (χ1n) is 7.68. The van der Waals surface area contributed by atoms with Crippen molar-refractivity contribution in [2.75, 3.05) is 6.61 Å². The van der Waals surface area contributed by atoms with Crippen LogP contribution in [0.2, 0.25) is 0 Å². The zero-order valence-corrected chi connectivity index (χ0v) is 12.8. The molecule has 112 valence electrons. The predicted molar refractivity (Wildman–Crippen MR) is 86.5 cm³/mol. The van der Waals surface area contributed by atoms with Gasteiger partial charge in [0.25, 0.3) is 0 Å². The lowest BCUT2D eigenvalue weighted by Crippen LogP contribution is -2.09. The van der Waals surface area contributed by atoms with Gasteiger partial charge in [0.05, 0.1) is 12.9 Å². The van der Waals surface area contributed by atoms with Crippen LogP contribution in [0.4, 0.5) is 0 Å².